The molecule has 0 radical (unpaired) electrons. The molecule has 1 amide bonds. The molecular formula is C21H19F3N4O2S. The van der Waals surface area contributed by atoms with Crippen LogP contribution in [0.25, 0.3) is 10.6 Å². The number of amides is 1. The van der Waals surface area contributed by atoms with Crippen LogP contribution in [0.1, 0.15) is 11.3 Å². The Labute approximate surface area is 180 Å². The highest BCUT2D eigenvalue weighted by atomic mass is 32.1. The summed E-state index contributed by atoms with van der Waals surface area (Å²) in [5, 5.41) is 5.14. The number of anilines is 2. The summed E-state index contributed by atoms with van der Waals surface area (Å²) < 4.78 is 45.0. The highest BCUT2D eigenvalue weighted by molar-refractivity contribution is 7.13. The van der Waals surface area contributed by atoms with Gasteiger partial charge in [0.15, 0.2) is 0 Å². The van der Waals surface area contributed by atoms with Crippen molar-refractivity contribution in [3.05, 3.63) is 59.4 Å². The summed E-state index contributed by atoms with van der Waals surface area (Å²) in [5.74, 6) is -0.433. The molecule has 0 aliphatic carbocycles. The molecule has 1 aromatic carbocycles. The van der Waals surface area contributed by atoms with Crippen LogP contribution in [0.4, 0.5) is 24.5 Å². The average molecular weight is 448 g/mol. The quantitative estimate of drug-likeness (QED) is 0.633. The SMILES string of the molecule is O=C(Cc1csc(-c2cccnc2)n1)Nc1cc(C(F)(F)F)ccc1N1CCOCC1. The third-order valence-corrected chi connectivity index (χ3v) is 5.69. The first-order valence-corrected chi connectivity index (χ1v) is 10.5. The number of hydrogen-bond acceptors (Lipinski definition) is 6. The van der Waals surface area contributed by atoms with Gasteiger partial charge in [0.25, 0.3) is 0 Å². The summed E-state index contributed by atoms with van der Waals surface area (Å²) in [6, 6.07) is 7.07. The Morgan fingerprint density at radius 2 is 2.03 bits per heavy atom. The minimum atomic E-state index is -4.50. The average Bonchev–Trinajstić information content (AvgIpc) is 3.22. The Hall–Kier alpha value is -2.98. The van der Waals surface area contributed by atoms with E-state index in [9.17, 15) is 18.0 Å². The van der Waals surface area contributed by atoms with Crippen molar-refractivity contribution < 1.29 is 22.7 Å². The van der Waals surface area contributed by atoms with Gasteiger partial charge >= 0.3 is 6.18 Å². The fourth-order valence-electron chi connectivity index (χ4n) is 3.26. The Kier molecular flexibility index (Phi) is 6.19. The van der Waals surface area contributed by atoms with Crippen molar-refractivity contribution in [3.8, 4) is 10.6 Å². The number of halogens is 3. The van der Waals surface area contributed by atoms with Crippen LogP contribution in [0, 0.1) is 0 Å². The lowest BCUT2D eigenvalue weighted by Crippen LogP contribution is -2.37. The number of carbonyl (C=O) groups is 1. The first kappa shape index (κ1) is 21.3. The number of alkyl halides is 3. The molecule has 1 saturated heterocycles. The lowest BCUT2D eigenvalue weighted by molar-refractivity contribution is -0.137. The monoisotopic (exact) mass is 448 g/mol. The Morgan fingerprint density at radius 3 is 2.74 bits per heavy atom. The Balaban J connectivity index is 1.53. The van der Waals surface area contributed by atoms with Crippen LogP contribution in [0.5, 0.6) is 0 Å². The van der Waals surface area contributed by atoms with Gasteiger partial charge in [-0.05, 0) is 30.3 Å². The molecule has 0 spiro atoms. The molecule has 2 aromatic heterocycles. The Bertz CT molecular complexity index is 1050. The van der Waals surface area contributed by atoms with Gasteiger partial charge in [0, 0.05) is 36.4 Å². The number of hydrogen-bond donors (Lipinski definition) is 1. The summed E-state index contributed by atoms with van der Waals surface area (Å²) in [7, 11) is 0. The summed E-state index contributed by atoms with van der Waals surface area (Å²) in [5.41, 5.74) is 1.24. The third kappa shape index (κ3) is 5.20. The number of carbonyl (C=O) groups excluding carboxylic acids is 1. The van der Waals surface area contributed by atoms with E-state index < -0.39 is 17.6 Å². The molecule has 4 rings (SSSR count). The first-order valence-electron chi connectivity index (χ1n) is 9.59. The number of aromatic nitrogens is 2. The van der Waals surface area contributed by atoms with Crippen molar-refractivity contribution in [1.29, 1.82) is 0 Å². The summed E-state index contributed by atoms with van der Waals surface area (Å²) in [4.78, 5) is 23.0. The van der Waals surface area contributed by atoms with Gasteiger partial charge in [0.2, 0.25) is 5.91 Å². The second kappa shape index (κ2) is 9.03. The molecule has 1 N–H and O–H groups in total. The molecule has 1 fully saturated rings. The van der Waals surface area contributed by atoms with Crippen LogP contribution in [0.2, 0.25) is 0 Å². The van der Waals surface area contributed by atoms with E-state index in [0.717, 1.165) is 22.7 Å². The number of benzene rings is 1. The number of rotatable bonds is 5. The van der Waals surface area contributed by atoms with Crippen molar-refractivity contribution in [2.75, 3.05) is 36.5 Å². The number of ether oxygens (including phenoxy) is 1. The van der Waals surface area contributed by atoms with Gasteiger partial charge in [-0.1, -0.05) is 0 Å². The van der Waals surface area contributed by atoms with Gasteiger partial charge in [0.05, 0.1) is 42.3 Å². The number of morpholine rings is 1. The topological polar surface area (TPSA) is 67.4 Å². The third-order valence-electron chi connectivity index (χ3n) is 4.75. The van der Waals surface area contributed by atoms with E-state index in [4.69, 9.17) is 4.74 Å². The van der Waals surface area contributed by atoms with Gasteiger partial charge < -0.3 is 15.0 Å². The molecular weight excluding hydrogens is 429 g/mol. The number of pyridine rings is 1. The zero-order valence-electron chi connectivity index (χ0n) is 16.4. The molecule has 3 heterocycles. The predicted molar refractivity (Wildman–Crippen MR) is 112 cm³/mol. The lowest BCUT2D eigenvalue weighted by Gasteiger charge is -2.31. The zero-order valence-corrected chi connectivity index (χ0v) is 17.2. The van der Waals surface area contributed by atoms with E-state index in [2.05, 4.69) is 15.3 Å². The number of thiazole rings is 1. The first-order chi connectivity index (χ1) is 14.9. The van der Waals surface area contributed by atoms with Crippen molar-refractivity contribution >= 4 is 28.6 Å². The fourth-order valence-corrected chi connectivity index (χ4v) is 4.07. The maximum absolute atomic E-state index is 13.2. The summed E-state index contributed by atoms with van der Waals surface area (Å²) in [6.07, 6.45) is -1.21. The van der Waals surface area contributed by atoms with Gasteiger partial charge in [-0.2, -0.15) is 13.2 Å². The fraction of sp³-hybridized carbons (Fsp3) is 0.286. The van der Waals surface area contributed by atoms with Crippen LogP contribution in [0.15, 0.2) is 48.1 Å². The van der Waals surface area contributed by atoms with Gasteiger partial charge in [-0.25, -0.2) is 4.98 Å². The minimum absolute atomic E-state index is 0.0461. The minimum Gasteiger partial charge on any atom is -0.378 e. The van der Waals surface area contributed by atoms with E-state index in [-0.39, 0.29) is 12.1 Å². The molecule has 162 valence electrons. The van der Waals surface area contributed by atoms with E-state index in [1.807, 2.05) is 11.0 Å². The van der Waals surface area contributed by atoms with Crippen molar-refractivity contribution in [1.82, 2.24) is 9.97 Å². The maximum Gasteiger partial charge on any atom is 0.416 e. The molecule has 1 aliphatic heterocycles. The largest absolute Gasteiger partial charge is 0.416 e. The smallest absolute Gasteiger partial charge is 0.378 e. The summed E-state index contributed by atoms with van der Waals surface area (Å²) in [6.45, 7) is 2.03. The predicted octanol–water partition coefficient (Wildman–Crippen LogP) is 4.24. The highest BCUT2D eigenvalue weighted by Gasteiger charge is 2.32. The molecule has 0 unspecified atom stereocenters. The van der Waals surface area contributed by atoms with Crippen molar-refractivity contribution in [3.63, 3.8) is 0 Å². The van der Waals surface area contributed by atoms with Gasteiger partial charge in [0.1, 0.15) is 5.01 Å². The van der Waals surface area contributed by atoms with Crippen LogP contribution >= 0.6 is 11.3 Å². The van der Waals surface area contributed by atoms with Gasteiger partial charge in [-0.15, -0.1) is 11.3 Å². The number of nitrogens with zero attached hydrogens (tertiary/aromatic N) is 3. The van der Waals surface area contributed by atoms with Crippen LogP contribution in [0.3, 0.4) is 0 Å². The number of nitrogens with one attached hydrogen (secondary N) is 1. The maximum atomic E-state index is 13.2. The zero-order chi connectivity index (χ0) is 21.8. The standard InChI is InChI=1S/C21H19F3N4O2S/c22-21(23,24)15-3-4-18(28-6-8-30-9-7-28)17(10-15)27-19(29)11-16-13-31-20(26-16)14-2-1-5-25-12-14/h1-5,10,12-13H,6-9,11H2,(H,27,29). The van der Waals surface area contributed by atoms with E-state index in [1.54, 1.807) is 23.8 Å². The van der Waals surface area contributed by atoms with Crippen LogP contribution in [-0.2, 0) is 22.1 Å². The molecule has 0 atom stereocenters. The molecule has 0 saturated carbocycles. The normalized spacial score (nSPS) is 14.5. The lowest BCUT2D eigenvalue weighted by atomic mass is 10.1. The van der Waals surface area contributed by atoms with E-state index in [0.29, 0.717) is 37.7 Å². The highest BCUT2D eigenvalue weighted by Crippen LogP contribution is 2.36. The van der Waals surface area contributed by atoms with E-state index >= 15 is 0 Å². The molecule has 6 nitrogen and oxygen atoms in total. The second-order valence-electron chi connectivity index (χ2n) is 6.94. The molecule has 31 heavy (non-hydrogen) atoms. The van der Waals surface area contributed by atoms with Gasteiger partial charge in [-0.3, -0.25) is 9.78 Å². The molecule has 10 heteroatoms. The second-order valence-corrected chi connectivity index (χ2v) is 7.80. The molecule has 3 aromatic rings. The molecule has 0 bridgehead atoms. The van der Waals surface area contributed by atoms with Crippen LogP contribution < -0.4 is 10.2 Å². The van der Waals surface area contributed by atoms with Crippen molar-refractivity contribution in [2.45, 2.75) is 12.6 Å². The van der Waals surface area contributed by atoms with E-state index in [1.165, 1.54) is 17.4 Å². The van der Waals surface area contributed by atoms with Crippen molar-refractivity contribution in [2.24, 2.45) is 0 Å². The van der Waals surface area contributed by atoms with Crippen LogP contribution in [-0.4, -0.2) is 42.2 Å². The molecule has 1 aliphatic rings. The summed E-state index contributed by atoms with van der Waals surface area (Å²) >= 11 is 1.38. The Morgan fingerprint density at radius 1 is 1.23 bits per heavy atom.